The summed E-state index contributed by atoms with van der Waals surface area (Å²) in [5.41, 5.74) is 2.95. The van der Waals surface area contributed by atoms with Crippen molar-refractivity contribution in [2.45, 2.75) is 6.61 Å². The quantitative estimate of drug-likeness (QED) is 0.178. The number of aromatic nitrogens is 1. The number of carbonyl (C=O) groups is 1. The molecule has 35 heavy (non-hydrogen) atoms. The first-order chi connectivity index (χ1) is 17.0. The van der Waals surface area contributed by atoms with Gasteiger partial charge in [0.05, 0.1) is 17.7 Å². The number of nitrogens with zero attached hydrogens (tertiary/aromatic N) is 2. The summed E-state index contributed by atoms with van der Waals surface area (Å²) in [4.78, 5) is 27.3. The number of nitro benzene ring substituents is 1. The van der Waals surface area contributed by atoms with Gasteiger partial charge in [0, 0.05) is 29.2 Å². The minimum atomic E-state index is -0.458. The van der Waals surface area contributed by atoms with Gasteiger partial charge in [-0.3, -0.25) is 20.2 Å². The summed E-state index contributed by atoms with van der Waals surface area (Å²) in [6.45, 7) is 0.418. The minimum Gasteiger partial charge on any atom is -0.493 e. The van der Waals surface area contributed by atoms with E-state index in [2.05, 4.69) is 10.3 Å². The van der Waals surface area contributed by atoms with Gasteiger partial charge in [0.2, 0.25) is 5.91 Å². The van der Waals surface area contributed by atoms with Gasteiger partial charge in [-0.1, -0.05) is 48.5 Å². The summed E-state index contributed by atoms with van der Waals surface area (Å²) in [6.07, 6.45) is 3.06. The van der Waals surface area contributed by atoms with E-state index < -0.39 is 4.92 Å². The van der Waals surface area contributed by atoms with Crippen molar-refractivity contribution in [3.63, 3.8) is 0 Å². The first-order valence-electron chi connectivity index (χ1n) is 10.6. The molecule has 1 amide bonds. The monoisotopic (exact) mass is 487 g/mol. The van der Waals surface area contributed by atoms with Crippen LogP contribution in [0.2, 0.25) is 0 Å². The van der Waals surface area contributed by atoms with Crippen LogP contribution in [-0.2, 0) is 11.4 Å². The number of hydrogen-bond acceptors (Lipinski definition) is 7. The van der Waals surface area contributed by atoms with Crippen molar-refractivity contribution in [3.8, 4) is 22.8 Å². The second-order valence-corrected chi connectivity index (χ2v) is 8.21. The van der Waals surface area contributed by atoms with Crippen molar-refractivity contribution in [1.82, 2.24) is 4.98 Å². The molecular weight excluding hydrogens is 466 g/mol. The summed E-state index contributed by atoms with van der Waals surface area (Å²) in [5, 5.41) is 15.8. The van der Waals surface area contributed by atoms with Gasteiger partial charge < -0.3 is 9.47 Å². The number of anilines is 1. The number of non-ortho nitro benzene ring substituents is 1. The SMILES string of the molecule is COc1cc(/C=C/C(=O)Nc2nc(-c3cccc([N+](=O)[O-])c3)cs2)ccc1OCc1ccccc1. The molecule has 0 spiro atoms. The Balaban J connectivity index is 1.38. The highest BCUT2D eigenvalue weighted by molar-refractivity contribution is 7.14. The van der Waals surface area contributed by atoms with Crippen LogP contribution in [0.4, 0.5) is 10.8 Å². The van der Waals surface area contributed by atoms with Crippen LogP contribution in [0.1, 0.15) is 11.1 Å². The average molecular weight is 488 g/mol. The lowest BCUT2D eigenvalue weighted by molar-refractivity contribution is -0.384. The number of carbonyl (C=O) groups excluding carboxylic acids is 1. The zero-order valence-corrected chi connectivity index (χ0v) is 19.5. The average Bonchev–Trinajstić information content (AvgIpc) is 3.35. The summed E-state index contributed by atoms with van der Waals surface area (Å²) in [5.74, 6) is 0.813. The smallest absolute Gasteiger partial charge is 0.270 e. The van der Waals surface area contributed by atoms with Crippen LogP contribution in [0.25, 0.3) is 17.3 Å². The van der Waals surface area contributed by atoms with E-state index >= 15 is 0 Å². The topological polar surface area (TPSA) is 104 Å². The predicted octanol–water partition coefficient (Wildman–Crippen LogP) is 5.96. The molecule has 0 bridgehead atoms. The Kier molecular flexibility index (Phi) is 7.49. The Morgan fingerprint density at radius 1 is 1.09 bits per heavy atom. The van der Waals surface area contributed by atoms with E-state index in [9.17, 15) is 14.9 Å². The number of nitrogens with one attached hydrogen (secondary N) is 1. The highest BCUT2D eigenvalue weighted by Crippen LogP contribution is 2.30. The van der Waals surface area contributed by atoms with Crippen molar-refractivity contribution in [1.29, 1.82) is 0 Å². The summed E-state index contributed by atoms with van der Waals surface area (Å²) in [6, 6.07) is 21.4. The minimum absolute atomic E-state index is 0.0177. The number of amides is 1. The molecule has 0 atom stereocenters. The number of benzene rings is 3. The lowest BCUT2D eigenvalue weighted by Gasteiger charge is -2.11. The van der Waals surface area contributed by atoms with Crippen molar-refractivity contribution in [3.05, 3.63) is 105 Å². The summed E-state index contributed by atoms with van der Waals surface area (Å²) in [7, 11) is 1.56. The van der Waals surface area contributed by atoms with Gasteiger partial charge in [0.25, 0.3) is 5.69 Å². The lowest BCUT2D eigenvalue weighted by Crippen LogP contribution is -2.07. The molecule has 0 unspecified atom stereocenters. The van der Waals surface area contributed by atoms with Crippen molar-refractivity contribution in [2.75, 3.05) is 12.4 Å². The van der Waals surface area contributed by atoms with Gasteiger partial charge in [-0.05, 0) is 29.3 Å². The maximum atomic E-state index is 12.4. The Morgan fingerprint density at radius 2 is 1.91 bits per heavy atom. The zero-order valence-electron chi connectivity index (χ0n) is 18.7. The van der Waals surface area contributed by atoms with E-state index in [4.69, 9.17) is 9.47 Å². The number of ether oxygens (including phenoxy) is 2. The highest BCUT2D eigenvalue weighted by atomic mass is 32.1. The fourth-order valence-corrected chi connectivity index (χ4v) is 3.93. The molecule has 0 saturated carbocycles. The molecular formula is C26H21N3O5S. The van der Waals surface area contributed by atoms with Crippen LogP contribution in [0.15, 0.2) is 84.3 Å². The fraction of sp³-hybridized carbons (Fsp3) is 0.0769. The highest BCUT2D eigenvalue weighted by Gasteiger charge is 2.11. The molecule has 0 aliphatic rings. The molecule has 1 aromatic heterocycles. The summed E-state index contributed by atoms with van der Waals surface area (Å²) >= 11 is 1.24. The van der Waals surface area contributed by atoms with Crippen LogP contribution in [-0.4, -0.2) is 22.9 Å². The van der Waals surface area contributed by atoms with Crippen LogP contribution in [0.3, 0.4) is 0 Å². The Labute approximate surface area is 205 Å². The molecule has 176 valence electrons. The number of nitro groups is 1. The molecule has 8 nitrogen and oxygen atoms in total. The normalized spacial score (nSPS) is 10.8. The maximum absolute atomic E-state index is 12.4. The fourth-order valence-electron chi connectivity index (χ4n) is 3.20. The van der Waals surface area contributed by atoms with Gasteiger partial charge in [-0.2, -0.15) is 0 Å². The van der Waals surface area contributed by atoms with Gasteiger partial charge in [0.15, 0.2) is 16.6 Å². The number of hydrogen-bond donors (Lipinski definition) is 1. The molecule has 1 N–H and O–H groups in total. The molecule has 0 radical (unpaired) electrons. The Morgan fingerprint density at radius 3 is 2.69 bits per heavy atom. The first kappa shape index (κ1) is 23.7. The van der Waals surface area contributed by atoms with E-state index in [0.717, 1.165) is 11.1 Å². The van der Waals surface area contributed by atoms with Crippen molar-refractivity contribution >= 4 is 34.1 Å². The molecule has 3 aromatic carbocycles. The Hall–Kier alpha value is -4.50. The third-order valence-corrected chi connectivity index (χ3v) is 5.70. The zero-order chi connectivity index (χ0) is 24.6. The molecule has 1 heterocycles. The van der Waals surface area contributed by atoms with Gasteiger partial charge in [-0.25, -0.2) is 4.98 Å². The maximum Gasteiger partial charge on any atom is 0.270 e. The number of methoxy groups -OCH3 is 1. The second kappa shape index (κ2) is 11.1. The lowest BCUT2D eigenvalue weighted by atomic mass is 10.1. The number of thiazole rings is 1. The van der Waals surface area contributed by atoms with E-state index in [1.165, 1.54) is 29.5 Å². The van der Waals surface area contributed by atoms with Crippen LogP contribution < -0.4 is 14.8 Å². The van der Waals surface area contributed by atoms with Gasteiger partial charge in [0.1, 0.15) is 6.61 Å². The van der Waals surface area contributed by atoms with E-state index in [1.807, 2.05) is 36.4 Å². The molecule has 4 rings (SSSR count). The van der Waals surface area contributed by atoms with Crippen LogP contribution in [0, 0.1) is 10.1 Å². The van der Waals surface area contributed by atoms with Gasteiger partial charge >= 0.3 is 0 Å². The van der Waals surface area contributed by atoms with Crippen LogP contribution in [0.5, 0.6) is 11.5 Å². The van der Waals surface area contributed by atoms with E-state index in [-0.39, 0.29) is 11.6 Å². The third-order valence-electron chi connectivity index (χ3n) is 4.94. The number of rotatable bonds is 9. The first-order valence-corrected chi connectivity index (χ1v) is 11.4. The molecule has 0 saturated heterocycles. The Bertz CT molecular complexity index is 1370. The molecule has 4 aromatic rings. The standard InChI is InChI=1S/C26H21N3O5S/c1-33-24-14-18(10-12-23(24)34-16-19-6-3-2-4-7-19)11-13-25(30)28-26-27-22(17-35-26)20-8-5-9-21(15-20)29(31)32/h2-15,17H,16H2,1H3,(H,27,28,30)/b13-11+. The molecule has 9 heteroatoms. The van der Waals surface area contributed by atoms with Crippen LogP contribution >= 0.6 is 11.3 Å². The van der Waals surface area contributed by atoms with E-state index in [0.29, 0.717) is 34.5 Å². The largest absolute Gasteiger partial charge is 0.493 e. The predicted molar refractivity (Wildman–Crippen MR) is 136 cm³/mol. The van der Waals surface area contributed by atoms with Gasteiger partial charge in [-0.15, -0.1) is 11.3 Å². The van der Waals surface area contributed by atoms with Crippen molar-refractivity contribution in [2.24, 2.45) is 0 Å². The van der Waals surface area contributed by atoms with E-state index in [1.54, 1.807) is 42.8 Å². The van der Waals surface area contributed by atoms with Crippen molar-refractivity contribution < 1.29 is 19.2 Å². The third kappa shape index (κ3) is 6.30. The molecule has 0 aliphatic carbocycles. The second-order valence-electron chi connectivity index (χ2n) is 7.35. The summed E-state index contributed by atoms with van der Waals surface area (Å²) < 4.78 is 11.3. The molecule has 0 aliphatic heterocycles. The molecule has 0 fully saturated rings.